The van der Waals surface area contributed by atoms with E-state index >= 15 is 0 Å². The quantitative estimate of drug-likeness (QED) is 0.122. The SMILES string of the molecule is C[Si]1[Si]OC[Si](C)(c2cccc3cc4ccc5cc6cc7ccccc7cc6cc5c4cc23)[Si]1(C)C. The van der Waals surface area contributed by atoms with Gasteiger partial charge in [0.25, 0.3) is 0 Å². The molecule has 1 aliphatic heterocycles. The summed E-state index contributed by atoms with van der Waals surface area (Å²) in [5.41, 5.74) is 0. The van der Waals surface area contributed by atoms with Gasteiger partial charge in [0.05, 0.1) is 7.83 Å². The number of rotatable bonds is 1. The molecule has 0 bridgehead atoms. The third-order valence-electron chi connectivity index (χ3n) is 9.15. The van der Waals surface area contributed by atoms with Crippen LogP contribution in [0.2, 0.25) is 26.2 Å². The van der Waals surface area contributed by atoms with Gasteiger partial charge in [-0.1, -0.05) is 86.0 Å². The van der Waals surface area contributed by atoms with Crippen molar-refractivity contribution in [1.82, 2.24) is 0 Å². The lowest BCUT2D eigenvalue weighted by Crippen LogP contribution is -2.78. The maximum atomic E-state index is 6.35. The monoisotopic (exact) mass is 529 g/mol. The van der Waals surface area contributed by atoms with E-state index in [0.717, 1.165) is 15.5 Å². The first-order valence-electron chi connectivity index (χ1n) is 12.8. The lowest BCUT2D eigenvalue weighted by Gasteiger charge is -2.48. The van der Waals surface area contributed by atoms with Crippen molar-refractivity contribution in [2.24, 2.45) is 0 Å². The summed E-state index contributed by atoms with van der Waals surface area (Å²) < 4.78 is 6.35. The molecule has 0 saturated carbocycles. The lowest BCUT2D eigenvalue weighted by atomic mass is 9.95. The van der Waals surface area contributed by atoms with Crippen molar-refractivity contribution in [2.45, 2.75) is 26.2 Å². The van der Waals surface area contributed by atoms with Crippen LogP contribution in [0.1, 0.15) is 0 Å². The van der Waals surface area contributed by atoms with Crippen LogP contribution in [0.4, 0.5) is 0 Å². The zero-order chi connectivity index (χ0) is 24.7. The number of hydrogen-bond acceptors (Lipinski definition) is 1. The van der Waals surface area contributed by atoms with E-state index in [9.17, 15) is 0 Å². The van der Waals surface area contributed by atoms with E-state index in [-0.39, 0.29) is 0 Å². The van der Waals surface area contributed by atoms with E-state index < -0.39 is 22.5 Å². The maximum absolute atomic E-state index is 6.35. The minimum atomic E-state index is -1.73. The van der Waals surface area contributed by atoms with Crippen LogP contribution in [0.25, 0.3) is 53.9 Å². The van der Waals surface area contributed by atoms with Gasteiger partial charge in [-0.2, -0.15) is 0 Å². The van der Waals surface area contributed by atoms with E-state index in [1.54, 1.807) is 5.19 Å². The van der Waals surface area contributed by atoms with Crippen molar-refractivity contribution in [3.8, 4) is 0 Å². The van der Waals surface area contributed by atoms with E-state index in [1.807, 2.05) is 0 Å². The molecule has 7 rings (SSSR count). The van der Waals surface area contributed by atoms with Crippen molar-refractivity contribution in [1.29, 1.82) is 0 Å². The summed E-state index contributed by atoms with van der Waals surface area (Å²) >= 11 is 0. The van der Waals surface area contributed by atoms with E-state index in [1.165, 1.54) is 53.9 Å². The van der Waals surface area contributed by atoms with E-state index in [2.05, 4.69) is 117 Å². The second-order valence-electron chi connectivity index (χ2n) is 11.3. The molecule has 1 saturated heterocycles. The van der Waals surface area contributed by atoms with Crippen molar-refractivity contribution >= 4 is 90.9 Å². The molecular formula is C31H29OSi4. The van der Waals surface area contributed by atoms with Gasteiger partial charge in [0, 0.05) is 13.3 Å². The predicted octanol–water partition coefficient (Wildman–Crippen LogP) is 7.41. The zero-order valence-corrected chi connectivity index (χ0v) is 25.3. The molecule has 3 radical (unpaired) electrons. The average Bonchev–Trinajstić information content (AvgIpc) is 2.88. The van der Waals surface area contributed by atoms with Gasteiger partial charge >= 0.3 is 0 Å². The van der Waals surface area contributed by atoms with Crippen LogP contribution in [-0.2, 0) is 4.43 Å². The summed E-state index contributed by atoms with van der Waals surface area (Å²) in [6, 6.07) is 34.8. The fraction of sp³-hybridized carbons (Fsp3) is 0.161. The Morgan fingerprint density at radius 3 is 1.89 bits per heavy atom. The lowest BCUT2D eigenvalue weighted by molar-refractivity contribution is 0.414. The number of benzene rings is 6. The smallest absolute Gasteiger partial charge is 0.205 e. The van der Waals surface area contributed by atoms with Crippen molar-refractivity contribution < 1.29 is 4.43 Å². The Morgan fingerprint density at radius 1 is 0.611 bits per heavy atom. The molecule has 1 unspecified atom stereocenters. The topological polar surface area (TPSA) is 9.23 Å². The fourth-order valence-corrected chi connectivity index (χ4v) is 41.4. The highest BCUT2D eigenvalue weighted by Gasteiger charge is 2.53. The molecule has 1 aliphatic rings. The normalized spacial score (nSPS) is 20.7. The summed E-state index contributed by atoms with van der Waals surface area (Å²) in [7, 11) is -2.72. The molecule has 0 aromatic heterocycles. The van der Waals surface area contributed by atoms with Crippen LogP contribution in [0.15, 0.2) is 91.0 Å². The molecular weight excluding hydrogens is 501 g/mol. The number of hydrogen-bond donors (Lipinski definition) is 0. The average molecular weight is 530 g/mol. The Balaban J connectivity index is 1.53. The summed E-state index contributed by atoms with van der Waals surface area (Å²) in [4.78, 5) is 0. The van der Waals surface area contributed by atoms with Crippen LogP contribution >= 0.6 is 0 Å². The molecule has 0 spiro atoms. The zero-order valence-electron chi connectivity index (χ0n) is 21.3. The molecule has 1 fully saturated rings. The molecule has 6 aromatic rings. The fourth-order valence-electron chi connectivity index (χ4n) is 6.18. The summed E-state index contributed by atoms with van der Waals surface area (Å²) in [5.74, 6) is 0. The molecule has 1 nitrogen and oxygen atoms in total. The Bertz CT molecular complexity index is 1840. The Morgan fingerprint density at radius 2 is 1.17 bits per heavy atom. The Labute approximate surface area is 218 Å². The van der Waals surface area contributed by atoms with E-state index in [4.69, 9.17) is 4.43 Å². The van der Waals surface area contributed by atoms with Gasteiger partial charge in [-0.25, -0.2) is 0 Å². The van der Waals surface area contributed by atoms with Crippen LogP contribution < -0.4 is 5.19 Å². The second kappa shape index (κ2) is 7.97. The Kier molecular flexibility index (Phi) is 5.01. The van der Waals surface area contributed by atoms with Crippen LogP contribution in [0.5, 0.6) is 0 Å². The molecule has 5 heteroatoms. The minimum absolute atomic E-state index is 0.402. The molecule has 0 aliphatic carbocycles. The summed E-state index contributed by atoms with van der Waals surface area (Å²) in [5, 5.41) is 15.1. The third kappa shape index (κ3) is 3.20. The van der Waals surface area contributed by atoms with Crippen LogP contribution in [-0.4, -0.2) is 38.0 Å². The van der Waals surface area contributed by atoms with Crippen molar-refractivity contribution in [2.75, 3.05) is 6.23 Å². The van der Waals surface area contributed by atoms with Gasteiger partial charge in [0.1, 0.15) is 7.59 Å². The molecule has 36 heavy (non-hydrogen) atoms. The van der Waals surface area contributed by atoms with Gasteiger partial charge in [-0.15, -0.1) is 0 Å². The standard InChI is InChI=1S/C31H29OSi4/c1-34-33-32-20-36(4,35(34,2)3)31-11-7-10-23-16-24-12-13-25-17-26-14-21-8-5-6-9-22(21)15-27(26)18-28(25)29(24)19-30(23)31/h5-19H,20H2,1-4H3. The van der Waals surface area contributed by atoms with Gasteiger partial charge < -0.3 is 4.43 Å². The molecule has 1 atom stereocenters. The first-order chi connectivity index (χ1) is 17.3. The predicted molar refractivity (Wildman–Crippen MR) is 166 cm³/mol. The number of fused-ring (bicyclic) bond motifs is 6. The second-order valence-corrected chi connectivity index (χ2v) is 38.7. The maximum Gasteiger partial charge on any atom is 0.205 e. The van der Waals surface area contributed by atoms with Crippen LogP contribution in [0, 0.1) is 0 Å². The highest BCUT2D eigenvalue weighted by atomic mass is 29.8. The summed E-state index contributed by atoms with van der Waals surface area (Å²) in [6.07, 6.45) is 0.997. The molecule has 0 N–H and O–H groups in total. The molecule has 6 aromatic carbocycles. The molecule has 175 valence electrons. The largest absolute Gasteiger partial charge is 0.425 e. The molecule has 1 heterocycles. The third-order valence-corrected chi connectivity index (χ3v) is 50.6. The molecule has 0 amide bonds. The van der Waals surface area contributed by atoms with Gasteiger partial charge in [-0.3, -0.25) is 0 Å². The van der Waals surface area contributed by atoms with Crippen molar-refractivity contribution in [3.63, 3.8) is 0 Å². The summed E-state index contributed by atoms with van der Waals surface area (Å²) in [6.45, 7) is 10.5. The first-order valence-corrected chi connectivity index (χ1v) is 24.4. The van der Waals surface area contributed by atoms with Gasteiger partial charge in [0.2, 0.25) is 9.28 Å². The van der Waals surface area contributed by atoms with Crippen molar-refractivity contribution in [3.05, 3.63) is 91.0 Å². The van der Waals surface area contributed by atoms with Crippen LogP contribution in [0.3, 0.4) is 0 Å². The highest BCUT2D eigenvalue weighted by Crippen LogP contribution is 2.35. The minimum Gasteiger partial charge on any atom is -0.425 e. The highest BCUT2D eigenvalue weighted by molar-refractivity contribution is 7.75. The van der Waals surface area contributed by atoms with Gasteiger partial charge in [0.15, 0.2) is 0 Å². The van der Waals surface area contributed by atoms with E-state index in [0.29, 0.717) is 0 Å². The Hall–Kier alpha value is -2.55. The van der Waals surface area contributed by atoms with Gasteiger partial charge in [-0.05, 0) is 90.3 Å². The first kappa shape index (κ1) is 22.6.